The van der Waals surface area contributed by atoms with E-state index in [9.17, 15) is 0 Å². The van der Waals surface area contributed by atoms with Gasteiger partial charge in [-0.3, -0.25) is 4.68 Å². The van der Waals surface area contributed by atoms with E-state index < -0.39 is 0 Å². The normalized spacial score (nSPS) is 19.2. The Kier molecular flexibility index (Phi) is 4.84. The Hall–Kier alpha value is -1.73. The molecular weight excluding hydrogens is 282 g/mol. The van der Waals surface area contributed by atoms with E-state index in [4.69, 9.17) is 9.26 Å². The lowest BCUT2D eigenvalue weighted by Crippen LogP contribution is -2.39. The lowest BCUT2D eigenvalue weighted by Gasteiger charge is -2.30. The maximum absolute atomic E-state index is 5.47. The second-order valence-electron chi connectivity index (χ2n) is 5.90. The molecule has 7 nitrogen and oxygen atoms in total. The molecule has 3 heterocycles. The van der Waals surface area contributed by atoms with E-state index in [1.54, 1.807) is 6.20 Å². The van der Waals surface area contributed by atoms with E-state index in [1.807, 2.05) is 23.9 Å². The Labute approximate surface area is 130 Å². The Morgan fingerprint density at radius 1 is 1.41 bits per heavy atom. The molecule has 1 saturated heterocycles. The van der Waals surface area contributed by atoms with E-state index in [1.165, 1.54) is 0 Å². The summed E-state index contributed by atoms with van der Waals surface area (Å²) in [7, 11) is 0. The summed E-state index contributed by atoms with van der Waals surface area (Å²) in [6, 6.07) is 2.25. The Balaban J connectivity index is 1.70. The molecule has 0 spiro atoms. The van der Waals surface area contributed by atoms with Crippen LogP contribution in [0.1, 0.15) is 37.5 Å². The van der Waals surface area contributed by atoms with E-state index in [2.05, 4.69) is 27.5 Å². The summed E-state index contributed by atoms with van der Waals surface area (Å²) >= 11 is 0. The monoisotopic (exact) mass is 305 g/mol. The molecular formula is C15H23N5O2. The molecule has 120 valence electrons. The van der Waals surface area contributed by atoms with Crippen molar-refractivity contribution in [3.05, 3.63) is 30.2 Å². The number of hydrogen-bond acceptors (Lipinski definition) is 6. The molecule has 1 aliphatic heterocycles. The zero-order valence-corrected chi connectivity index (χ0v) is 13.1. The highest BCUT2D eigenvalue weighted by molar-refractivity contribution is 4.96. The first-order valence-electron chi connectivity index (χ1n) is 7.84. The van der Waals surface area contributed by atoms with Gasteiger partial charge in [0.25, 0.3) is 0 Å². The van der Waals surface area contributed by atoms with Crippen molar-refractivity contribution in [3.8, 4) is 0 Å². The minimum absolute atomic E-state index is 0.0654. The molecule has 0 aromatic carbocycles. The van der Waals surface area contributed by atoms with Gasteiger partial charge in [0, 0.05) is 31.6 Å². The van der Waals surface area contributed by atoms with Crippen molar-refractivity contribution < 1.29 is 9.26 Å². The van der Waals surface area contributed by atoms with Gasteiger partial charge in [-0.05, 0) is 38.7 Å². The van der Waals surface area contributed by atoms with Crippen molar-refractivity contribution in [3.63, 3.8) is 0 Å². The first-order chi connectivity index (χ1) is 10.7. The number of nitrogens with one attached hydrogen (secondary N) is 1. The van der Waals surface area contributed by atoms with Crippen LogP contribution in [0.3, 0.4) is 0 Å². The highest BCUT2D eigenvalue weighted by Gasteiger charge is 2.30. The van der Waals surface area contributed by atoms with Crippen LogP contribution in [0.2, 0.25) is 0 Å². The van der Waals surface area contributed by atoms with Crippen LogP contribution in [-0.2, 0) is 11.3 Å². The van der Waals surface area contributed by atoms with Gasteiger partial charge in [0.2, 0.25) is 5.89 Å². The number of rotatable bonds is 6. The van der Waals surface area contributed by atoms with E-state index in [0.717, 1.165) is 32.6 Å². The molecule has 1 N–H and O–H groups in total. The number of nitrogens with zero attached hydrogens (tertiary/aromatic N) is 4. The summed E-state index contributed by atoms with van der Waals surface area (Å²) in [6.45, 7) is 6.39. The maximum atomic E-state index is 5.47. The average Bonchev–Trinajstić information content (AvgIpc) is 3.17. The highest BCUT2D eigenvalue weighted by Crippen LogP contribution is 2.29. The van der Waals surface area contributed by atoms with Crippen LogP contribution in [0.15, 0.2) is 23.0 Å². The largest absolute Gasteiger partial charge is 0.381 e. The Bertz CT molecular complexity index is 562. The fraction of sp³-hybridized carbons (Fsp3) is 0.667. The van der Waals surface area contributed by atoms with Crippen molar-refractivity contribution in [1.29, 1.82) is 0 Å². The second-order valence-corrected chi connectivity index (χ2v) is 5.90. The third kappa shape index (κ3) is 3.72. The summed E-state index contributed by atoms with van der Waals surface area (Å²) < 4.78 is 12.8. The topological polar surface area (TPSA) is 78.0 Å². The summed E-state index contributed by atoms with van der Waals surface area (Å²) in [4.78, 5) is 4.43. The number of hydrogen-bond donors (Lipinski definition) is 1. The van der Waals surface area contributed by atoms with Crippen LogP contribution in [0.5, 0.6) is 0 Å². The Morgan fingerprint density at radius 3 is 2.86 bits per heavy atom. The second kappa shape index (κ2) is 7.02. The van der Waals surface area contributed by atoms with Gasteiger partial charge in [-0.2, -0.15) is 10.1 Å². The summed E-state index contributed by atoms with van der Waals surface area (Å²) in [5, 5.41) is 11.8. The van der Waals surface area contributed by atoms with Crippen molar-refractivity contribution in [2.24, 2.45) is 5.92 Å². The number of ether oxygens (including phenoxy) is 1. The lowest BCUT2D eigenvalue weighted by molar-refractivity contribution is 0.0466. The summed E-state index contributed by atoms with van der Waals surface area (Å²) in [5.41, 5.74) is 0. The van der Waals surface area contributed by atoms with E-state index in [0.29, 0.717) is 17.6 Å². The molecule has 0 aliphatic carbocycles. The molecule has 2 atom stereocenters. The SMILES string of the molecule is Cc1noc([C@@H](N[C@H](C)Cn2cccn2)C2CCOCC2)n1. The third-order valence-electron chi connectivity index (χ3n) is 4.03. The van der Waals surface area contributed by atoms with Gasteiger partial charge >= 0.3 is 0 Å². The van der Waals surface area contributed by atoms with Crippen molar-refractivity contribution in [2.45, 2.75) is 45.3 Å². The van der Waals surface area contributed by atoms with Gasteiger partial charge in [0.05, 0.1) is 12.6 Å². The lowest BCUT2D eigenvalue weighted by atomic mass is 9.91. The first-order valence-corrected chi connectivity index (χ1v) is 7.84. The van der Waals surface area contributed by atoms with Gasteiger partial charge in [0.1, 0.15) is 0 Å². The molecule has 0 saturated carbocycles. The molecule has 1 aliphatic rings. The molecule has 0 radical (unpaired) electrons. The zero-order valence-electron chi connectivity index (χ0n) is 13.1. The smallest absolute Gasteiger partial charge is 0.244 e. The fourth-order valence-corrected chi connectivity index (χ4v) is 2.95. The summed E-state index contributed by atoms with van der Waals surface area (Å²) in [6.07, 6.45) is 5.78. The van der Waals surface area contributed by atoms with E-state index in [-0.39, 0.29) is 12.1 Å². The highest BCUT2D eigenvalue weighted by atomic mass is 16.5. The molecule has 3 rings (SSSR count). The van der Waals surface area contributed by atoms with Crippen LogP contribution < -0.4 is 5.32 Å². The minimum atomic E-state index is 0.0654. The van der Waals surface area contributed by atoms with Gasteiger partial charge in [-0.1, -0.05) is 5.16 Å². The van der Waals surface area contributed by atoms with E-state index >= 15 is 0 Å². The zero-order chi connectivity index (χ0) is 15.4. The van der Waals surface area contributed by atoms with Crippen LogP contribution in [-0.4, -0.2) is 39.2 Å². The van der Waals surface area contributed by atoms with Crippen LogP contribution in [0.4, 0.5) is 0 Å². The quantitative estimate of drug-likeness (QED) is 0.875. The molecule has 2 aromatic rings. The minimum Gasteiger partial charge on any atom is -0.381 e. The van der Waals surface area contributed by atoms with Gasteiger partial charge in [-0.15, -0.1) is 0 Å². The molecule has 2 aromatic heterocycles. The van der Waals surface area contributed by atoms with Crippen LogP contribution >= 0.6 is 0 Å². The van der Waals surface area contributed by atoms with Gasteiger partial charge in [-0.25, -0.2) is 0 Å². The predicted molar refractivity (Wildman–Crippen MR) is 80.1 cm³/mol. The van der Waals surface area contributed by atoms with Crippen molar-refractivity contribution in [2.75, 3.05) is 13.2 Å². The summed E-state index contributed by atoms with van der Waals surface area (Å²) in [5.74, 6) is 1.80. The maximum Gasteiger partial charge on any atom is 0.244 e. The fourth-order valence-electron chi connectivity index (χ4n) is 2.95. The molecule has 0 amide bonds. The van der Waals surface area contributed by atoms with Crippen molar-refractivity contribution >= 4 is 0 Å². The molecule has 0 unspecified atom stereocenters. The molecule has 1 fully saturated rings. The average molecular weight is 305 g/mol. The Morgan fingerprint density at radius 2 is 2.23 bits per heavy atom. The molecule has 0 bridgehead atoms. The first kappa shape index (κ1) is 15.2. The van der Waals surface area contributed by atoms with Gasteiger partial charge in [0.15, 0.2) is 5.82 Å². The molecule has 22 heavy (non-hydrogen) atoms. The van der Waals surface area contributed by atoms with Crippen molar-refractivity contribution in [1.82, 2.24) is 25.2 Å². The molecule has 7 heteroatoms. The van der Waals surface area contributed by atoms with Crippen LogP contribution in [0, 0.1) is 12.8 Å². The predicted octanol–water partition coefficient (Wildman–Crippen LogP) is 1.72. The number of aryl methyl sites for hydroxylation is 1. The third-order valence-corrected chi connectivity index (χ3v) is 4.03. The number of aromatic nitrogens is 4. The van der Waals surface area contributed by atoms with Crippen LogP contribution in [0.25, 0.3) is 0 Å². The van der Waals surface area contributed by atoms with Gasteiger partial charge < -0.3 is 14.6 Å². The standard InChI is InChI=1S/C15H23N5O2/c1-11(10-20-7-3-6-16-20)17-14(13-4-8-21-9-5-13)15-18-12(2)19-22-15/h3,6-7,11,13-14,17H,4-5,8-10H2,1-2H3/t11-,14+/m1/s1.